The molecule has 1 saturated carbocycles. The third-order valence-electron chi connectivity index (χ3n) is 5.75. The molecule has 2 saturated heterocycles. The Morgan fingerprint density at radius 1 is 1.11 bits per heavy atom. The minimum atomic E-state index is -0.670. The van der Waals surface area contributed by atoms with Gasteiger partial charge in [0, 0.05) is 12.5 Å². The van der Waals surface area contributed by atoms with Gasteiger partial charge in [0.15, 0.2) is 18.4 Å². The van der Waals surface area contributed by atoms with Gasteiger partial charge >= 0.3 is 0 Å². The van der Waals surface area contributed by atoms with E-state index >= 15 is 0 Å². The van der Waals surface area contributed by atoms with Crippen LogP contribution in [0.4, 0.5) is 0 Å². The zero-order chi connectivity index (χ0) is 19.7. The molecular formula is C22H32O6. The normalized spacial score (nSPS) is 37.4. The fraction of sp³-hybridized carbons (Fsp3) is 0.727. The maximum atomic E-state index is 6.33. The molecule has 1 unspecified atom stereocenters. The number of benzene rings is 1. The van der Waals surface area contributed by atoms with Crippen LogP contribution in [-0.4, -0.2) is 49.4 Å². The molecule has 28 heavy (non-hydrogen) atoms. The Hall–Kier alpha value is -1.02. The summed E-state index contributed by atoms with van der Waals surface area (Å²) in [5.74, 6) is -0.533. The van der Waals surface area contributed by atoms with E-state index in [0.717, 1.165) is 12.8 Å². The van der Waals surface area contributed by atoms with Crippen LogP contribution in [-0.2, 0) is 35.0 Å². The average molecular weight is 392 g/mol. The second-order valence-electron chi connectivity index (χ2n) is 8.26. The molecule has 0 N–H and O–H groups in total. The summed E-state index contributed by atoms with van der Waals surface area (Å²) in [5, 5.41) is 0. The molecule has 0 amide bonds. The molecule has 1 aromatic rings. The largest absolute Gasteiger partial charge is 0.373 e. The average Bonchev–Trinajstić information content (AvgIpc) is 3.20. The van der Waals surface area contributed by atoms with Crippen LogP contribution in [0.3, 0.4) is 0 Å². The van der Waals surface area contributed by atoms with Crippen LogP contribution in [0.1, 0.15) is 46.1 Å². The Bertz CT molecular complexity index is 635. The van der Waals surface area contributed by atoms with Gasteiger partial charge in [-0.05, 0) is 46.1 Å². The highest BCUT2D eigenvalue weighted by molar-refractivity contribution is 5.13. The number of hydrogen-bond donors (Lipinski definition) is 0. The molecule has 156 valence electrons. The summed E-state index contributed by atoms with van der Waals surface area (Å²) in [6.07, 6.45) is 0.742. The van der Waals surface area contributed by atoms with Gasteiger partial charge in [-0.2, -0.15) is 0 Å². The minimum absolute atomic E-state index is 0.0401. The van der Waals surface area contributed by atoms with E-state index in [1.165, 1.54) is 5.56 Å². The summed E-state index contributed by atoms with van der Waals surface area (Å²) in [7, 11) is 0. The van der Waals surface area contributed by atoms with Crippen molar-refractivity contribution in [2.75, 3.05) is 6.61 Å². The lowest BCUT2D eigenvalue weighted by molar-refractivity contribution is -0.310. The molecule has 6 heteroatoms. The van der Waals surface area contributed by atoms with E-state index in [1.54, 1.807) is 0 Å². The Morgan fingerprint density at radius 2 is 1.86 bits per heavy atom. The minimum Gasteiger partial charge on any atom is -0.373 e. The molecule has 0 aromatic heterocycles. The molecule has 1 aliphatic carbocycles. The van der Waals surface area contributed by atoms with Gasteiger partial charge in [-0.3, -0.25) is 0 Å². The first-order chi connectivity index (χ1) is 13.5. The zero-order valence-electron chi connectivity index (χ0n) is 17.2. The van der Waals surface area contributed by atoms with E-state index in [9.17, 15) is 0 Å². The van der Waals surface area contributed by atoms with Gasteiger partial charge in [0.25, 0.3) is 0 Å². The molecule has 7 atom stereocenters. The molecule has 0 spiro atoms. The Morgan fingerprint density at radius 3 is 2.61 bits per heavy atom. The maximum absolute atomic E-state index is 6.33. The summed E-state index contributed by atoms with van der Waals surface area (Å²) in [4.78, 5) is 0. The monoisotopic (exact) mass is 392 g/mol. The predicted molar refractivity (Wildman–Crippen MR) is 102 cm³/mol. The maximum Gasteiger partial charge on any atom is 0.189 e. The van der Waals surface area contributed by atoms with Crippen LogP contribution < -0.4 is 0 Å². The second-order valence-corrected chi connectivity index (χ2v) is 8.26. The predicted octanol–water partition coefficient (Wildman–Crippen LogP) is 3.63. The SMILES string of the molecule is CCOC(C)O[C@H]1O[C@@H]2CC[C@@H](OCc3ccccc3)[C@@H]2[C@@H]2OC(C)(C)O[C@H]12. The summed E-state index contributed by atoms with van der Waals surface area (Å²) >= 11 is 0. The molecule has 6 nitrogen and oxygen atoms in total. The lowest BCUT2D eigenvalue weighted by atomic mass is 9.89. The van der Waals surface area contributed by atoms with Crippen molar-refractivity contribution in [3.8, 4) is 0 Å². The highest BCUT2D eigenvalue weighted by Gasteiger charge is 2.59. The molecular weight excluding hydrogens is 360 g/mol. The van der Waals surface area contributed by atoms with Crippen LogP contribution in [0, 0.1) is 5.92 Å². The molecule has 0 radical (unpaired) electrons. The van der Waals surface area contributed by atoms with Gasteiger partial charge in [0.1, 0.15) is 6.10 Å². The highest BCUT2D eigenvalue weighted by Crippen LogP contribution is 2.47. The van der Waals surface area contributed by atoms with Crippen LogP contribution in [0.15, 0.2) is 30.3 Å². The van der Waals surface area contributed by atoms with E-state index in [1.807, 2.05) is 45.9 Å². The van der Waals surface area contributed by atoms with Crippen molar-refractivity contribution in [1.82, 2.24) is 0 Å². The number of hydrogen-bond acceptors (Lipinski definition) is 6. The second kappa shape index (κ2) is 8.38. The third-order valence-corrected chi connectivity index (χ3v) is 5.75. The zero-order valence-corrected chi connectivity index (χ0v) is 17.2. The molecule has 4 rings (SSSR count). The van der Waals surface area contributed by atoms with Crippen molar-refractivity contribution < 1.29 is 28.4 Å². The highest BCUT2D eigenvalue weighted by atomic mass is 16.8. The third kappa shape index (κ3) is 4.27. The summed E-state index contributed by atoms with van der Waals surface area (Å²) < 4.78 is 36.7. The van der Waals surface area contributed by atoms with Gasteiger partial charge in [-0.25, -0.2) is 0 Å². The van der Waals surface area contributed by atoms with Gasteiger partial charge in [0.2, 0.25) is 0 Å². The van der Waals surface area contributed by atoms with Crippen LogP contribution in [0.25, 0.3) is 0 Å². The van der Waals surface area contributed by atoms with E-state index in [2.05, 4.69) is 12.1 Å². The van der Waals surface area contributed by atoms with Crippen molar-refractivity contribution in [3.05, 3.63) is 35.9 Å². The number of ether oxygens (including phenoxy) is 6. The molecule has 3 fully saturated rings. The van der Waals surface area contributed by atoms with Gasteiger partial charge in [-0.1, -0.05) is 30.3 Å². The fourth-order valence-electron chi connectivity index (χ4n) is 4.65. The summed E-state index contributed by atoms with van der Waals surface area (Å²) in [6, 6.07) is 10.3. The van der Waals surface area contributed by atoms with Crippen molar-refractivity contribution in [2.45, 2.75) is 89.9 Å². The van der Waals surface area contributed by atoms with Crippen LogP contribution >= 0.6 is 0 Å². The first-order valence-corrected chi connectivity index (χ1v) is 10.4. The van der Waals surface area contributed by atoms with E-state index < -0.39 is 12.1 Å². The smallest absolute Gasteiger partial charge is 0.189 e. The number of fused-ring (bicyclic) bond motifs is 3. The van der Waals surface area contributed by atoms with Crippen molar-refractivity contribution in [1.29, 1.82) is 0 Å². The van der Waals surface area contributed by atoms with E-state index in [4.69, 9.17) is 28.4 Å². The van der Waals surface area contributed by atoms with E-state index in [-0.39, 0.29) is 36.6 Å². The first-order valence-electron chi connectivity index (χ1n) is 10.4. The fourth-order valence-corrected chi connectivity index (χ4v) is 4.65. The lowest BCUT2D eigenvalue weighted by Crippen LogP contribution is -2.55. The quantitative estimate of drug-likeness (QED) is 0.661. The molecule has 2 heterocycles. The Kier molecular flexibility index (Phi) is 6.06. The topological polar surface area (TPSA) is 55.4 Å². The summed E-state index contributed by atoms with van der Waals surface area (Å²) in [5.41, 5.74) is 1.18. The Balaban J connectivity index is 1.46. The van der Waals surface area contributed by atoms with Crippen molar-refractivity contribution in [2.24, 2.45) is 5.92 Å². The molecule has 3 aliphatic rings. The van der Waals surface area contributed by atoms with Gasteiger partial charge in [-0.15, -0.1) is 0 Å². The molecule has 0 bridgehead atoms. The van der Waals surface area contributed by atoms with Crippen LogP contribution in [0.5, 0.6) is 0 Å². The van der Waals surface area contributed by atoms with Gasteiger partial charge < -0.3 is 28.4 Å². The van der Waals surface area contributed by atoms with Gasteiger partial charge in [0.05, 0.1) is 24.9 Å². The van der Waals surface area contributed by atoms with Crippen LogP contribution in [0.2, 0.25) is 0 Å². The van der Waals surface area contributed by atoms with E-state index in [0.29, 0.717) is 13.2 Å². The van der Waals surface area contributed by atoms with Crippen molar-refractivity contribution in [3.63, 3.8) is 0 Å². The molecule has 1 aromatic carbocycles. The molecule has 2 aliphatic heterocycles. The van der Waals surface area contributed by atoms with Crippen molar-refractivity contribution >= 4 is 0 Å². The number of rotatable bonds is 7. The first kappa shape index (κ1) is 20.3. The lowest BCUT2D eigenvalue weighted by Gasteiger charge is -2.41. The standard InChI is InChI=1S/C22H32O6/c1-5-23-14(2)25-21-20-19(27-22(3,4)28-20)18-16(11-12-17(18)26-21)24-13-15-9-7-6-8-10-15/h6-10,14,16-21H,5,11-13H2,1-4H3/t14?,16-,17-,18+,19+,20+,21+/m1/s1. The summed E-state index contributed by atoms with van der Waals surface area (Å²) in [6.45, 7) is 8.90. The Labute approximate surface area is 167 Å².